The molecule has 1 aliphatic rings. The molecule has 0 saturated carbocycles. The van der Waals surface area contributed by atoms with E-state index in [-0.39, 0.29) is 11.1 Å². The number of rotatable bonds is 4. The van der Waals surface area contributed by atoms with Gasteiger partial charge in [0, 0.05) is 32.2 Å². The van der Waals surface area contributed by atoms with Crippen LogP contribution in [0.2, 0.25) is 0 Å². The van der Waals surface area contributed by atoms with E-state index < -0.39 is 10.0 Å². The van der Waals surface area contributed by atoms with E-state index in [9.17, 15) is 8.42 Å². The Kier molecular flexibility index (Phi) is 4.24. The Morgan fingerprint density at radius 3 is 2.84 bits per heavy atom. The molecule has 0 bridgehead atoms. The fourth-order valence-corrected chi connectivity index (χ4v) is 3.18. The minimum atomic E-state index is -3.49. The summed E-state index contributed by atoms with van der Waals surface area (Å²) in [5.74, 6) is 0.592. The van der Waals surface area contributed by atoms with Gasteiger partial charge in [-0.15, -0.1) is 0 Å². The minimum absolute atomic E-state index is 0.122. The van der Waals surface area contributed by atoms with Crippen LogP contribution in [0.25, 0.3) is 0 Å². The number of aromatic amines is 1. The van der Waals surface area contributed by atoms with Crippen LogP contribution in [0.15, 0.2) is 11.2 Å². The Labute approximate surface area is 114 Å². The first-order valence-corrected chi connectivity index (χ1v) is 7.77. The predicted molar refractivity (Wildman–Crippen MR) is 72.4 cm³/mol. The fraction of sp³-hybridized carbons (Fsp3) is 0.727. The summed E-state index contributed by atoms with van der Waals surface area (Å²) in [6.45, 7) is 4.96. The van der Waals surface area contributed by atoms with Crippen molar-refractivity contribution < 1.29 is 8.42 Å². The van der Waals surface area contributed by atoms with Gasteiger partial charge in [-0.2, -0.15) is 0 Å². The highest BCUT2D eigenvalue weighted by atomic mass is 32.2. The normalized spacial score (nSPS) is 22.8. The van der Waals surface area contributed by atoms with Gasteiger partial charge in [-0.25, -0.2) is 18.1 Å². The van der Waals surface area contributed by atoms with Crippen molar-refractivity contribution in [2.24, 2.45) is 0 Å². The number of aryl methyl sites for hydroxylation is 1. The lowest BCUT2D eigenvalue weighted by Gasteiger charge is -2.37. The van der Waals surface area contributed by atoms with Crippen LogP contribution in [0.5, 0.6) is 0 Å². The molecule has 2 N–H and O–H groups in total. The average Bonchev–Trinajstić information content (AvgIpc) is 2.78. The second kappa shape index (κ2) is 5.58. The van der Waals surface area contributed by atoms with Gasteiger partial charge in [-0.1, -0.05) is 0 Å². The van der Waals surface area contributed by atoms with Gasteiger partial charge in [-0.3, -0.25) is 4.90 Å². The molecule has 19 heavy (non-hydrogen) atoms. The number of likely N-dealkylation sites (N-methyl/N-ethyl adjacent to an activating group) is 2. The lowest BCUT2D eigenvalue weighted by Crippen LogP contribution is -2.54. The molecule has 1 saturated heterocycles. The molecule has 1 atom stereocenters. The Morgan fingerprint density at radius 1 is 1.47 bits per heavy atom. The highest BCUT2D eigenvalue weighted by Gasteiger charge is 2.25. The predicted octanol–water partition coefficient (Wildman–Crippen LogP) is -0.758. The molecule has 1 fully saturated rings. The van der Waals surface area contributed by atoms with Crippen molar-refractivity contribution in [1.29, 1.82) is 0 Å². The molecule has 108 valence electrons. The van der Waals surface area contributed by atoms with Gasteiger partial charge in [-0.05, 0) is 21.0 Å². The zero-order chi connectivity index (χ0) is 14.0. The number of hydrogen-bond acceptors (Lipinski definition) is 5. The molecular weight excluding hydrogens is 266 g/mol. The van der Waals surface area contributed by atoms with E-state index in [2.05, 4.69) is 24.5 Å². The first-order chi connectivity index (χ1) is 8.88. The van der Waals surface area contributed by atoms with E-state index in [1.807, 2.05) is 14.1 Å². The van der Waals surface area contributed by atoms with Crippen LogP contribution in [0.4, 0.5) is 0 Å². The number of nitrogens with one attached hydrogen (secondary N) is 2. The summed E-state index contributed by atoms with van der Waals surface area (Å²) < 4.78 is 26.8. The van der Waals surface area contributed by atoms with Crippen LogP contribution in [0, 0.1) is 6.92 Å². The second-order valence-electron chi connectivity index (χ2n) is 5.08. The van der Waals surface area contributed by atoms with Crippen LogP contribution in [0.3, 0.4) is 0 Å². The summed E-state index contributed by atoms with van der Waals surface area (Å²) in [6.07, 6.45) is 1.34. The van der Waals surface area contributed by atoms with Crippen molar-refractivity contribution in [3.63, 3.8) is 0 Å². The van der Waals surface area contributed by atoms with Crippen LogP contribution in [-0.2, 0) is 10.0 Å². The molecule has 0 aromatic carbocycles. The lowest BCUT2D eigenvalue weighted by atomic mass is 10.2. The summed E-state index contributed by atoms with van der Waals surface area (Å²) in [4.78, 5) is 11.0. The zero-order valence-electron chi connectivity index (χ0n) is 11.5. The van der Waals surface area contributed by atoms with E-state index in [1.165, 1.54) is 6.20 Å². The summed E-state index contributed by atoms with van der Waals surface area (Å²) in [7, 11) is 0.576. The van der Waals surface area contributed by atoms with Crippen LogP contribution in [0.1, 0.15) is 5.82 Å². The monoisotopic (exact) mass is 287 g/mol. The summed E-state index contributed by atoms with van der Waals surface area (Å²) in [5.41, 5.74) is 0. The third kappa shape index (κ3) is 3.53. The fourth-order valence-electron chi connectivity index (χ4n) is 2.14. The number of sulfonamides is 1. The van der Waals surface area contributed by atoms with Crippen LogP contribution < -0.4 is 4.72 Å². The number of H-pyrrole nitrogens is 1. The highest BCUT2D eigenvalue weighted by Crippen LogP contribution is 2.08. The molecular formula is C11H21N5O2S. The third-order valence-corrected chi connectivity index (χ3v) is 4.79. The van der Waals surface area contributed by atoms with Crippen molar-refractivity contribution >= 4 is 10.0 Å². The van der Waals surface area contributed by atoms with Gasteiger partial charge >= 0.3 is 0 Å². The van der Waals surface area contributed by atoms with Crippen molar-refractivity contribution in [3.05, 3.63) is 12.0 Å². The van der Waals surface area contributed by atoms with Crippen molar-refractivity contribution in [2.75, 3.05) is 40.3 Å². The van der Waals surface area contributed by atoms with Crippen molar-refractivity contribution in [2.45, 2.75) is 18.0 Å². The first kappa shape index (κ1) is 14.4. The molecule has 1 aromatic rings. The van der Waals surface area contributed by atoms with Crippen LogP contribution in [-0.4, -0.2) is 74.5 Å². The van der Waals surface area contributed by atoms with Gasteiger partial charge in [0.15, 0.2) is 5.03 Å². The molecule has 2 heterocycles. The lowest BCUT2D eigenvalue weighted by molar-refractivity contribution is 0.117. The van der Waals surface area contributed by atoms with Gasteiger partial charge in [0.05, 0.1) is 6.20 Å². The van der Waals surface area contributed by atoms with Crippen LogP contribution >= 0.6 is 0 Å². The van der Waals surface area contributed by atoms with E-state index in [1.54, 1.807) is 6.92 Å². The summed E-state index contributed by atoms with van der Waals surface area (Å²) in [5, 5.41) is 0.122. The average molecular weight is 287 g/mol. The van der Waals surface area contributed by atoms with Gasteiger partial charge < -0.3 is 9.88 Å². The largest absolute Gasteiger partial charge is 0.332 e. The maximum atomic E-state index is 12.1. The maximum absolute atomic E-state index is 12.1. The Morgan fingerprint density at radius 2 is 2.21 bits per heavy atom. The minimum Gasteiger partial charge on any atom is -0.332 e. The molecule has 2 rings (SSSR count). The van der Waals surface area contributed by atoms with E-state index in [0.29, 0.717) is 12.4 Å². The maximum Gasteiger partial charge on any atom is 0.257 e. The molecule has 0 aliphatic carbocycles. The smallest absolute Gasteiger partial charge is 0.257 e. The topological polar surface area (TPSA) is 81.3 Å². The quantitative estimate of drug-likeness (QED) is 0.761. The molecule has 8 heteroatoms. The SMILES string of the molecule is Cc1ncc(S(=O)(=O)NCC2CN(C)CCN2C)[nH]1. The highest BCUT2D eigenvalue weighted by molar-refractivity contribution is 7.89. The Hall–Kier alpha value is -0.960. The van der Waals surface area contributed by atoms with Gasteiger partial charge in [0.2, 0.25) is 0 Å². The van der Waals surface area contributed by atoms with Gasteiger partial charge in [0.25, 0.3) is 10.0 Å². The summed E-state index contributed by atoms with van der Waals surface area (Å²) in [6, 6.07) is 0.192. The molecule has 0 radical (unpaired) electrons. The molecule has 0 amide bonds. The molecule has 1 aliphatic heterocycles. The number of piperazine rings is 1. The molecule has 7 nitrogen and oxygen atoms in total. The number of aromatic nitrogens is 2. The Bertz CT molecular complexity index is 527. The standard InChI is InChI=1S/C11H21N5O2S/c1-9-12-7-11(14-9)19(17,18)13-6-10-8-15(2)4-5-16(10)3/h7,10,13H,4-6,8H2,1-3H3,(H,12,14). The number of nitrogens with zero attached hydrogens (tertiary/aromatic N) is 3. The number of imidazole rings is 1. The number of hydrogen-bond donors (Lipinski definition) is 2. The first-order valence-electron chi connectivity index (χ1n) is 6.28. The van der Waals surface area contributed by atoms with E-state index >= 15 is 0 Å². The summed E-state index contributed by atoms with van der Waals surface area (Å²) >= 11 is 0. The molecule has 1 aromatic heterocycles. The molecule has 0 spiro atoms. The Balaban J connectivity index is 1.98. The molecule has 1 unspecified atom stereocenters. The van der Waals surface area contributed by atoms with E-state index in [0.717, 1.165) is 19.6 Å². The van der Waals surface area contributed by atoms with Crippen molar-refractivity contribution in [3.8, 4) is 0 Å². The van der Waals surface area contributed by atoms with Crippen molar-refractivity contribution in [1.82, 2.24) is 24.5 Å². The van der Waals surface area contributed by atoms with Gasteiger partial charge in [0.1, 0.15) is 5.82 Å². The zero-order valence-corrected chi connectivity index (χ0v) is 12.4. The second-order valence-corrected chi connectivity index (χ2v) is 6.82. The van der Waals surface area contributed by atoms with E-state index in [4.69, 9.17) is 0 Å². The third-order valence-electron chi connectivity index (χ3n) is 3.46.